The van der Waals surface area contributed by atoms with E-state index in [-0.39, 0.29) is 19.1 Å². The van der Waals surface area contributed by atoms with Gasteiger partial charge in [0.1, 0.15) is 11.5 Å². The molecule has 0 aromatic heterocycles. The van der Waals surface area contributed by atoms with Crippen molar-refractivity contribution in [3.8, 4) is 11.5 Å². The van der Waals surface area contributed by atoms with Gasteiger partial charge in [0, 0.05) is 21.9 Å². The Labute approximate surface area is 216 Å². The van der Waals surface area contributed by atoms with Crippen molar-refractivity contribution >= 4 is 50.4 Å². The molecule has 0 bridgehead atoms. The molecule has 8 nitrogen and oxygen atoms in total. The van der Waals surface area contributed by atoms with Crippen LogP contribution in [0.2, 0.25) is 0 Å². The molecular weight excluding hydrogens is 534 g/mol. The summed E-state index contributed by atoms with van der Waals surface area (Å²) in [6.07, 6.45) is 1.88. The number of aliphatic imine (C=N–C) groups is 1. The molecule has 0 saturated carbocycles. The van der Waals surface area contributed by atoms with E-state index in [9.17, 15) is 9.59 Å². The number of fused-ring (bicyclic) bond motifs is 1. The van der Waals surface area contributed by atoms with E-state index < -0.39 is 12.0 Å². The van der Waals surface area contributed by atoms with Crippen LogP contribution < -0.4 is 14.8 Å². The molecule has 10 heteroatoms. The molecular formula is C25H24BrN3O5S. The van der Waals surface area contributed by atoms with Gasteiger partial charge in [0.2, 0.25) is 0 Å². The number of carbonyl (C=O) groups excluding carboxylic acids is 2. The summed E-state index contributed by atoms with van der Waals surface area (Å²) >= 11 is 5.00. The summed E-state index contributed by atoms with van der Waals surface area (Å²) in [5, 5.41) is 5.47. The number of amidine groups is 1. The van der Waals surface area contributed by atoms with Crippen molar-refractivity contribution in [3.63, 3.8) is 0 Å². The quantitative estimate of drug-likeness (QED) is 0.443. The molecule has 0 radical (unpaired) electrons. The van der Waals surface area contributed by atoms with Crippen LogP contribution in [0.3, 0.4) is 0 Å². The maximum atomic E-state index is 13.0. The van der Waals surface area contributed by atoms with Crippen LogP contribution in [0.15, 0.2) is 74.8 Å². The van der Waals surface area contributed by atoms with E-state index in [2.05, 4.69) is 26.2 Å². The number of hydrogen-bond donors (Lipinski definition) is 1. The van der Waals surface area contributed by atoms with E-state index in [4.69, 9.17) is 14.2 Å². The fourth-order valence-electron chi connectivity index (χ4n) is 3.76. The number of carbonyl (C=O) groups is 2. The van der Waals surface area contributed by atoms with Crippen molar-refractivity contribution in [2.45, 2.75) is 19.9 Å². The number of nitrogens with one attached hydrogen (secondary N) is 1. The van der Waals surface area contributed by atoms with Crippen LogP contribution in [0.5, 0.6) is 11.5 Å². The van der Waals surface area contributed by atoms with Gasteiger partial charge in [0.25, 0.3) is 5.91 Å². The van der Waals surface area contributed by atoms with Crippen LogP contribution >= 0.6 is 27.7 Å². The van der Waals surface area contributed by atoms with Gasteiger partial charge in [-0.3, -0.25) is 4.79 Å². The smallest absolute Gasteiger partial charge is 0.338 e. The zero-order valence-electron chi connectivity index (χ0n) is 19.4. The molecule has 35 heavy (non-hydrogen) atoms. The largest absolute Gasteiger partial charge is 0.497 e. The minimum absolute atomic E-state index is 0.212. The van der Waals surface area contributed by atoms with Crippen molar-refractivity contribution in [1.29, 1.82) is 0 Å². The number of amides is 1. The van der Waals surface area contributed by atoms with Gasteiger partial charge in [-0.2, -0.15) is 0 Å². The van der Waals surface area contributed by atoms with E-state index in [1.807, 2.05) is 28.6 Å². The minimum atomic E-state index is -0.523. The lowest BCUT2D eigenvalue weighted by Gasteiger charge is -2.34. The molecule has 0 spiro atoms. The predicted octanol–water partition coefficient (Wildman–Crippen LogP) is 5.24. The number of halogens is 1. The highest BCUT2D eigenvalue weighted by molar-refractivity contribution is 9.10. The lowest BCUT2D eigenvalue weighted by Crippen LogP contribution is -2.34. The Bertz CT molecular complexity index is 1230. The summed E-state index contributed by atoms with van der Waals surface area (Å²) < 4.78 is 17.3. The maximum Gasteiger partial charge on any atom is 0.338 e. The molecule has 4 rings (SSSR count). The first-order valence-electron chi connectivity index (χ1n) is 10.9. The number of anilines is 1. The third-order valence-corrected chi connectivity index (χ3v) is 6.58. The summed E-state index contributed by atoms with van der Waals surface area (Å²) in [5.41, 5.74) is 2.34. The van der Waals surface area contributed by atoms with Gasteiger partial charge in [-0.05, 0) is 61.7 Å². The minimum Gasteiger partial charge on any atom is -0.497 e. The van der Waals surface area contributed by atoms with Crippen LogP contribution in [-0.4, -0.2) is 42.3 Å². The van der Waals surface area contributed by atoms with E-state index in [0.717, 1.165) is 9.64 Å². The Morgan fingerprint density at radius 2 is 1.97 bits per heavy atom. The Hall–Kier alpha value is -3.24. The molecule has 1 N–H and O–H groups in total. The van der Waals surface area contributed by atoms with Gasteiger partial charge in [-0.25, -0.2) is 9.79 Å². The molecule has 1 atom stereocenters. The Kier molecular flexibility index (Phi) is 7.82. The summed E-state index contributed by atoms with van der Waals surface area (Å²) in [6, 6.07) is 12.0. The molecule has 0 unspecified atom stereocenters. The highest BCUT2D eigenvalue weighted by Crippen LogP contribution is 2.44. The standard InChI is InChI=1S/C25H24BrN3O5S/c1-4-33-24(31)22-15(2)27-25-29(11-12-35-25)23(22)19-13-16(26)5-10-20(19)34-14-21(30)28-17-6-8-18(32-3)9-7-17/h5-13,23H,4,14H2,1-3H3,(H,28,30)/t23-/m1/s1. The SMILES string of the molecule is CCOC(=O)C1=C(C)N=C2SC=CN2[C@@H]1c1cc(Br)ccc1OCC(=O)Nc1ccc(OC)cc1. The molecule has 2 aromatic rings. The summed E-state index contributed by atoms with van der Waals surface area (Å²) in [5.74, 6) is 0.420. The van der Waals surface area contributed by atoms with E-state index in [1.165, 1.54) is 11.8 Å². The zero-order valence-corrected chi connectivity index (χ0v) is 21.8. The van der Waals surface area contributed by atoms with E-state index in [0.29, 0.717) is 34.0 Å². The fourth-order valence-corrected chi connectivity index (χ4v) is 4.93. The second-order valence-electron chi connectivity index (χ2n) is 7.57. The average molecular weight is 558 g/mol. The topological polar surface area (TPSA) is 89.5 Å². The molecule has 182 valence electrons. The molecule has 0 fully saturated rings. The first-order chi connectivity index (χ1) is 16.9. The Morgan fingerprint density at radius 1 is 1.20 bits per heavy atom. The van der Waals surface area contributed by atoms with Gasteiger partial charge < -0.3 is 24.4 Å². The van der Waals surface area contributed by atoms with Gasteiger partial charge >= 0.3 is 5.97 Å². The highest BCUT2D eigenvalue weighted by atomic mass is 79.9. The number of ether oxygens (including phenoxy) is 3. The number of esters is 1. The van der Waals surface area contributed by atoms with Crippen molar-refractivity contribution in [3.05, 3.63) is 75.4 Å². The summed E-state index contributed by atoms with van der Waals surface area (Å²) in [7, 11) is 1.58. The number of rotatable bonds is 8. The van der Waals surface area contributed by atoms with Gasteiger partial charge in [-0.15, -0.1) is 0 Å². The Balaban J connectivity index is 1.60. The van der Waals surface area contributed by atoms with Gasteiger partial charge in [0.15, 0.2) is 11.8 Å². The molecule has 2 heterocycles. The van der Waals surface area contributed by atoms with Crippen LogP contribution in [-0.2, 0) is 14.3 Å². The number of thioether (sulfide) groups is 1. The van der Waals surface area contributed by atoms with Crippen LogP contribution in [0.25, 0.3) is 0 Å². The maximum absolute atomic E-state index is 13.0. The fraction of sp³-hybridized carbons (Fsp3) is 0.240. The summed E-state index contributed by atoms with van der Waals surface area (Å²) in [6.45, 7) is 3.59. The van der Waals surface area contributed by atoms with Gasteiger partial charge in [0.05, 0.1) is 31.0 Å². The third kappa shape index (κ3) is 5.54. The number of nitrogens with zero attached hydrogens (tertiary/aromatic N) is 2. The number of hydrogen-bond acceptors (Lipinski definition) is 8. The molecule has 2 aromatic carbocycles. The van der Waals surface area contributed by atoms with Crippen molar-refractivity contribution < 1.29 is 23.8 Å². The lowest BCUT2D eigenvalue weighted by atomic mass is 9.94. The number of methoxy groups -OCH3 is 1. The van der Waals surface area contributed by atoms with Crippen molar-refractivity contribution in [1.82, 2.24) is 4.90 Å². The first-order valence-corrected chi connectivity index (χ1v) is 12.5. The first kappa shape index (κ1) is 24.9. The molecule has 0 saturated heterocycles. The summed E-state index contributed by atoms with van der Waals surface area (Å²) in [4.78, 5) is 32.0. The average Bonchev–Trinajstić information content (AvgIpc) is 3.31. The normalized spacial score (nSPS) is 16.5. The Morgan fingerprint density at radius 3 is 2.69 bits per heavy atom. The van der Waals surface area contributed by atoms with E-state index in [1.54, 1.807) is 51.3 Å². The molecule has 2 aliphatic rings. The number of allylic oxidation sites excluding steroid dienone is 1. The van der Waals surface area contributed by atoms with E-state index >= 15 is 0 Å². The highest BCUT2D eigenvalue weighted by Gasteiger charge is 2.39. The lowest BCUT2D eigenvalue weighted by molar-refractivity contribution is -0.139. The zero-order chi connectivity index (χ0) is 24.9. The van der Waals surface area contributed by atoms with Gasteiger partial charge in [-0.1, -0.05) is 27.7 Å². The molecule has 1 amide bonds. The number of benzene rings is 2. The third-order valence-electron chi connectivity index (χ3n) is 5.31. The second kappa shape index (κ2) is 11.0. The van der Waals surface area contributed by atoms with Crippen molar-refractivity contribution in [2.24, 2.45) is 4.99 Å². The van der Waals surface area contributed by atoms with Crippen LogP contribution in [0.1, 0.15) is 25.5 Å². The second-order valence-corrected chi connectivity index (χ2v) is 9.36. The molecule has 0 aliphatic carbocycles. The molecule has 2 aliphatic heterocycles. The van der Waals surface area contributed by atoms with Crippen LogP contribution in [0, 0.1) is 0 Å². The predicted molar refractivity (Wildman–Crippen MR) is 139 cm³/mol. The van der Waals surface area contributed by atoms with Crippen molar-refractivity contribution in [2.75, 3.05) is 25.6 Å². The monoisotopic (exact) mass is 557 g/mol. The van der Waals surface area contributed by atoms with Crippen LogP contribution in [0.4, 0.5) is 5.69 Å².